The van der Waals surface area contributed by atoms with Gasteiger partial charge in [-0.05, 0) is 58.0 Å². The fourth-order valence-corrected chi connectivity index (χ4v) is 2.83. The third-order valence-electron chi connectivity index (χ3n) is 4.26. The van der Waals surface area contributed by atoms with Gasteiger partial charge >= 0.3 is 0 Å². The maximum Gasteiger partial charge on any atom is 0.00967 e. The van der Waals surface area contributed by atoms with Crippen molar-refractivity contribution in [1.29, 1.82) is 0 Å². The Morgan fingerprint density at radius 2 is 1.85 bits per heavy atom. The van der Waals surface area contributed by atoms with Gasteiger partial charge in [0.2, 0.25) is 0 Å². The van der Waals surface area contributed by atoms with Gasteiger partial charge in [0.1, 0.15) is 0 Å². The lowest BCUT2D eigenvalue weighted by molar-refractivity contribution is 0.000907. The Kier molecular flexibility index (Phi) is 2.37. The largest absolute Gasteiger partial charge is 0.327 e. The van der Waals surface area contributed by atoms with Crippen LogP contribution in [0.15, 0.2) is 0 Å². The van der Waals surface area contributed by atoms with Crippen LogP contribution >= 0.6 is 0 Å². The number of nitrogens with zero attached hydrogens (tertiary/aromatic N) is 1. The van der Waals surface area contributed by atoms with E-state index in [0.29, 0.717) is 17.5 Å². The number of likely N-dealkylation sites (tertiary alicyclic amines) is 1. The van der Waals surface area contributed by atoms with Crippen LogP contribution in [0.3, 0.4) is 0 Å². The highest BCUT2D eigenvalue weighted by Crippen LogP contribution is 2.48. The van der Waals surface area contributed by atoms with Crippen LogP contribution in [0.5, 0.6) is 0 Å². The second-order valence-electron chi connectivity index (χ2n) is 5.14. The number of piperidine rings is 1. The smallest absolute Gasteiger partial charge is 0.00967 e. The van der Waals surface area contributed by atoms with Crippen molar-refractivity contribution in [3.8, 4) is 0 Å². The first-order valence-electron chi connectivity index (χ1n) is 5.64. The minimum absolute atomic E-state index is 0.516. The van der Waals surface area contributed by atoms with Crippen LogP contribution in [0.4, 0.5) is 0 Å². The van der Waals surface area contributed by atoms with E-state index in [4.69, 9.17) is 5.73 Å². The molecule has 1 saturated carbocycles. The summed E-state index contributed by atoms with van der Waals surface area (Å²) in [5.74, 6) is 0. The zero-order chi connectivity index (χ0) is 9.47. The van der Waals surface area contributed by atoms with Crippen LogP contribution in [0.1, 0.15) is 39.5 Å². The Bertz CT molecular complexity index is 181. The highest BCUT2D eigenvalue weighted by molar-refractivity contribution is 5.01. The lowest BCUT2D eigenvalue weighted by Crippen LogP contribution is -2.56. The van der Waals surface area contributed by atoms with Crippen molar-refractivity contribution in [2.45, 2.75) is 51.6 Å². The third-order valence-corrected chi connectivity index (χ3v) is 4.26. The lowest BCUT2D eigenvalue weighted by atomic mass is 9.59. The van der Waals surface area contributed by atoms with Crippen LogP contribution in [0.25, 0.3) is 0 Å². The number of hydrogen-bond acceptors (Lipinski definition) is 2. The first-order chi connectivity index (χ1) is 6.14. The zero-order valence-electron chi connectivity index (χ0n) is 8.92. The molecule has 0 bridgehead atoms. The Morgan fingerprint density at radius 3 is 2.15 bits per heavy atom. The predicted molar refractivity (Wildman–Crippen MR) is 55.6 cm³/mol. The van der Waals surface area contributed by atoms with E-state index in [9.17, 15) is 0 Å². The average Bonchev–Trinajstić information content (AvgIpc) is 2.15. The summed E-state index contributed by atoms with van der Waals surface area (Å²) in [6, 6.07) is 1.23. The molecule has 2 heteroatoms. The van der Waals surface area contributed by atoms with Gasteiger partial charge in [0.25, 0.3) is 0 Å². The molecular weight excluding hydrogens is 160 g/mol. The van der Waals surface area contributed by atoms with E-state index in [0.717, 1.165) is 0 Å². The molecule has 0 aromatic rings. The second-order valence-corrected chi connectivity index (χ2v) is 5.14. The van der Waals surface area contributed by atoms with Gasteiger partial charge in [0.15, 0.2) is 0 Å². The molecule has 1 spiro atoms. The molecule has 0 radical (unpaired) electrons. The Hall–Kier alpha value is -0.0800. The quantitative estimate of drug-likeness (QED) is 0.667. The molecule has 1 heterocycles. The summed E-state index contributed by atoms with van der Waals surface area (Å²) in [7, 11) is 0. The van der Waals surface area contributed by atoms with Crippen molar-refractivity contribution >= 4 is 0 Å². The summed E-state index contributed by atoms with van der Waals surface area (Å²) in [6.07, 6.45) is 5.33. The molecule has 76 valence electrons. The number of hydrogen-bond donors (Lipinski definition) is 1. The van der Waals surface area contributed by atoms with E-state index >= 15 is 0 Å². The van der Waals surface area contributed by atoms with Crippen molar-refractivity contribution in [2.24, 2.45) is 11.1 Å². The fraction of sp³-hybridized carbons (Fsp3) is 1.00. The number of nitrogens with two attached hydrogens (primary N) is 1. The van der Waals surface area contributed by atoms with Crippen molar-refractivity contribution in [2.75, 3.05) is 13.1 Å². The molecule has 1 atom stereocenters. The predicted octanol–water partition coefficient (Wildman–Crippen LogP) is 1.60. The summed E-state index contributed by atoms with van der Waals surface area (Å²) < 4.78 is 0. The van der Waals surface area contributed by atoms with Crippen LogP contribution < -0.4 is 5.73 Å². The molecular formula is C11H22N2. The average molecular weight is 182 g/mol. The molecule has 2 rings (SSSR count). The molecule has 1 aliphatic heterocycles. The van der Waals surface area contributed by atoms with Crippen molar-refractivity contribution < 1.29 is 0 Å². The molecule has 1 saturated heterocycles. The topological polar surface area (TPSA) is 29.3 Å². The van der Waals surface area contributed by atoms with E-state index < -0.39 is 0 Å². The minimum Gasteiger partial charge on any atom is -0.327 e. The molecule has 2 fully saturated rings. The van der Waals surface area contributed by atoms with Crippen LogP contribution in [0, 0.1) is 5.41 Å². The van der Waals surface area contributed by atoms with Crippen molar-refractivity contribution in [3.05, 3.63) is 0 Å². The van der Waals surface area contributed by atoms with Gasteiger partial charge < -0.3 is 10.6 Å². The van der Waals surface area contributed by atoms with Crippen molar-refractivity contribution in [1.82, 2.24) is 4.90 Å². The highest BCUT2D eigenvalue weighted by atomic mass is 15.2. The summed E-state index contributed by atoms with van der Waals surface area (Å²) in [5.41, 5.74) is 6.65. The number of rotatable bonds is 1. The fourth-order valence-electron chi connectivity index (χ4n) is 2.83. The van der Waals surface area contributed by atoms with Crippen LogP contribution in [-0.4, -0.2) is 30.1 Å². The van der Waals surface area contributed by atoms with Gasteiger partial charge in [-0.1, -0.05) is 0 Å². The minimum atomic E-state index is 0.516. The van der Waals surface area contributed by atoms with E-state index in [1.165, 1.54) is 38.8 Å². The molecule has 2 nitrogen and oxygen atoms in total. The summed E-state index contributed by atoms with van der Waals surface area (Å²) >= 11 is 0. The summed E-state index contributed by atoms with van der Waals surface area (Å²) in [4.78, 5) is 2.58. The normalized spacial score (nSPS) is 33.7. The second kappa shape index (κ2) is 3.25. The van der Waals surface area contributed by atoms with Gasteiger partial charge in [-0.3, -0.25) is 0 Å². The van der Waals surface area contributed by atoms with E-state index in [1.807, 2.05) is 0 Å². The standard InChI is InChI=1S/C11H22N2/c1-9(2)13-7-5-11(6-8-13)4-3-10(11)12/h9-10H,3-8,12H2,1-2H3/t10-/m0/s1. The van der Waals surface area contributed by atoms with Gasteiger partial charge in [-0.2, -0.15) is 0 Å². The molecule has 0 amide bonds. The SMILES string of the molecule is CC(C)N1CCC2(CC[C@@H]2N)CC1. The zero-order valence-corrected chi connectivity index (χ0v) is 8.92. The molecule has 0 aromatic carbocycles. The Labute approximate surface area is 81.5 Å². The van der Waals surface area contributed by atoms with Crippen LogP contribution in [-0.2, 0) is 0 Å². The van der Waals surface area contributed by atoms with Crippen molar-refractivity contribution in [3.63, 3.8) is 0 Å². The highest BCUT2D eigenvalue weighted by Gasteiger charge is 2.46. The Balaban J connectivity index is 1.89. The Morgan fingerprint density at radius 1 is 1.23 bits per heavy atom. The van der Waals surface area contributed by atoms with Gasteiger partial charge in [-0.25, -0.2) is 0 Å². The van der Waals surface area contributed by atoms with Gasteiger partial charge in [0.05, 0.1) is 0 Å². The molecule has 13 heavy (non-hydrogen) atoms. The van der Waals surface area contributed by atoms with Gasteiger partial charge in [-0.15, -0.1) is 0 Å². The summed E-state index contributed by atoms with van der Waals surface area (Å²) in [5, 5.41) is 0. The van der Waals surface area contributed by atoms with Crippen LogP contribution in [0.2, 0.25) is 0 Å². The van der Waals surface area contributed by atoms with E-state index in [-0.39, 0.29) is 0 Å². The summed E-state index contributed by atoms with van der Waals surface area (Å²) in [6.45, 7) is 7.12. The van der Waals surface area contributed by atoms with E-state index in [2.05, 4.69) is 18.7 Å². The molecule has 2 aliphatic rings. The van der Waals surface area contributed by atoms with Gasteiger partial charge in [0, 0.05) is 12.1 Å². The monoisotopic (exact) mass is 182 g/mol. The first-order valence-corrected chi connectivity index (χ1v) is 5.64. The molecule has 0 aromatic heterocycles. The molecule has 0 unspecified atom stereocenters. The van der Waals surface area contributed by atoms with E-state index in [1.54, 1.807) is 0 Å². The maximum atomic E-state index is 6.09. The maximum absolute atomic E-state index is 6.09. The molecule has 2 N–H and O–H groups in total. The lowest BCUT2D eigenvalue weighted by Gasteiger charge is -2.53. The third kappa shape index (κ3) is 1.50. The molecule has 1 aliphatic carbocycles. The first kappa shape index (κ1) is 9.47.